The summed E-state index contributed by atoms with van der Waals surface area (Å²) in [6.07, 6.45) is 7.75. The molecule has 0 atom stereocenters. The average Bonchev–Trinajstić information content (AvgIpc) is 3.15. The van der Waals surface area contributed by atoms with Crippen molar-refractivity contribution in [3.05, 3.63) is 76.3 Å². The van der Waals surface area contributed by atoms with E-state index in [1.165, 1.54) is 0 Å². The Labute approximate surface area is 240 Å². The number of hydrogen-bond acceptors (Lipinski definition) is 4. The van der Waals surface area contributed by atoms with Crippen LogP contribution in [0.15, 0.2) is 54.6 Å². The number of halogens is 1. The van der Waals surface area contributed by atoms with Crippen LogP contribution in [0.1, 0.15) is 62.0 Å². The Hall–Kier alpha value is -3.79. The standard InChI is InChI=1S/C33H33ClN2O4/c1-7-24-25(20-11-13-27-22(15-20)17-30(37)36(27)6)9-8-10-28(24)39-29-14-12-21(16-26(29)34)31(38)35-23-18-32(2,3)40-33(4,5)19-23/h1,8-16,23H,17-19H2,2-6H3,(H,35,38). The van der Waals surface area contributed by atoms with E-state index >= 15 is 0 Å². The number of nitrogens with one attached hydrogen (secondary N) is 1. The van der Waals surface area contributed by atoms with Gasteiger partial charge in [-0.25, -0.2) is 0 Å². The molecule has 2 aliphatic heterocycles. The predicted molar refractivity (Wildman–Crippen MR) is 158 cm³/mol. The molecule has 1 fully saturated rings. The third-order valence-electron chi connectivity index (χ3n) is 7.42. The molecule has 1 saturated heterocycles. The zero-order valence-corrected chi connectivity index (χ0v) is 24.2. The Kier molecular flexibility index (Phi) is 7.16. The van der Waals surface area contributed by atoms with Crippen LogP contribution in [0.4, 0.5) is 5.69 Å². The second kappa shape index (κ2) is 10.3. The van der Waals surface area contributed by atoms with Crippen molar-refractivity contribution in [2.45, 2.75) is 64.2 Å². The molecule has 3 aromatic rings. The molecular formula is C33H33ClN2O4. The summed E-state index contributed by atoms with van der Waals surface area (Å²) in [5.41, 5.74) is 3.95. The first-order valence-electron chi connectivity index (χ1n) is 13.3. The van der Waals surface area contributed by atoms with Gasteiger partial charge in [0.25, 0.3) is 5.91 Å². The molecule has 40 heavy (non-hydrogen) atoms. The second-order valence-electron chi connectivity index (χ2n) is 11.7. The largest absolute Gasteiger partial charge is 0.454 e. The van der Waals surface area contributed by atoms with Crippen LogP contribution in [0.25, 0.3) is 11.1 Å². The molecule has 2 heterocycles. The molecule has 0 radical (unpaired) electrons. The summed E-state index contributed by atoms with van der Waals surface area (Å²) in [5.74, 6) is 3.49. The number of likely N-dealkylation sites (N-methyl/N-ethyl adjacent to an activating group) is 1. The molecule has 206 valence electrons. The Bertz CT molecular complexity index is 1540. The third-order valence-corrected chi connectivity index (χ3v) is 7.71. The summed E-state index contributed by atoms with van der Waals surface area (Å²) in [6, 6.07) is 16.4. The number of carbonyl (C=O) groups is 2. The van der Waals surface area contributed by atoms with E-state index in [0.717, 1.165) is 35.2 Å². The summed E-state index contributed by atoms with van der Waals surface area (Å²) in [5, 5.41) is 3.44. The number of rotatable bonds is 5. The van der Waals surface area contributed by atoms with Gasteiger partial charge in [0.2, 0.25) is 5.91 Å². The van der Waals surface area contributed by atoms with Gasteiger partial charge in [0.05, 0.1) is 28.2 Å². The first-order chi connectivity index (χ1) is 18.9. The lowest BCUT2D eigenvalue weighted by molar-refractivity contribution is -0.162. The van der Waals surface area contributed by atoms with Gasteiger partial charge in [-0.15, -0.1) is 6.42 Å². The molecule has 0 aromatic heterocycles. The van der Waals surface area contributed by atoms with Crippen LogP contribution >= 0.6 is 11.6 Å². The van der Waals surface area contributed by atoms with E-state index in [2.05, 4.69) is 11.2 Å². The molecular weight excluding hydrogens is 524 g/mol. The van der Waals surface area contributed by atoms with E-state index in [4.69, 9.17) is 27.5 Å². The van der Waals surface area contributed by atoms with Crippen LogP contribution < -0.4 is 15.0 Å². The van der Waals surface area contributed by atoms with E-state index in [9.17, 15) is 9.59 Å². The summed E-state index contributed by atoms with van der Waals surface area (Å²) >= 11 is 6.59. The maximum absolute atomic E-state index is 13.1. The number of anilines is 1. The van der Waals surface area contributed by atoms with Crippen LogP contribution in [0, 0.1) is 12.3 Å². The van der Waals surface area contributed by atoms with E-state index in [0.29, 0.717) is 34.1 Å². The molecule has 3 aromatic carbocycles. The van der Waals surface area contributed by atoms with Crippen LogP contribution in [0.2, 0.25) is 5.02 Å². The smallest absolute Gasteiger partial charge is 0.251 e. The minimum Gasteiger partial charge on any atom is -0.454 e. The summed E-state index contributed by atoms with van der Waals surface area (Å²) in [7, 11) is 1.78. The van der Waals surface area contributed by atoms with Gasteiger partial charge in [-0.1, -0.05) is 35.7 Å². The van der Waals surface area contributed by atoms with E-state index in [1.54, 1.807) is 36.2 Å². The summed E-state index contributed by atoms with van der Waals surface area (Å²) in [4.78, 5) is 26.9. The fourth-order valence-electron chi connectivity index (χ4n) is 5.95. The van der Waals surface area contributed by atoms with Crippen molar-refractivity contribution in [3.63, 3.8) is 0 Å². The number of ether oxygens (including phenoxy) is 2. The Morgan fingerprint density at radius 3 is 2.48 bits per heavy atom. The summed E-state index contributed by atoms with van der Waals surface area (Å²) in [6.45, 7) is 8.16. The number of fused-ring (bicyclic) bond motifs is 1. The lowest BCUT2D eigenvalue weighted by Gasteiger charge is -2.45. The van der Waals surface area contributed by atoms with Crippen LogP contribution in [-0.2, 0) is 16.0 Å². The maximum Gasteiger partial charge on any atom is 0.251 e. The minimum absolute atomic E-state index is 0.0142. The zero-order chi connectivity index (χ0) is 28.8. The van der Waals surface area contributed by atoms with Gasteiger partial charge in [-0.2, -0.15) is 0 Å². The monoisotopic (exact) mass is 556 g/mol. The Balaban J connectivity index is 1.36. The van der Waals surface area contributed by atoms with Gasteiger partial charge >= 0.3 is 0 Å². The first-order valence-corrected chi connectivity index (χ1v) is 13.7. The topological polar surface area (TPSA) is 67.9 Å². The SMILES string of the molecule is C#Cc1c(Oc2ccc(C(=O)NC3CC(C)(C)OC(C)(C)C3)cc2Cl)cccc1-c1ccc2c(c1)CC(=O)N2C. The van der Waals surface area contributed by atoms with Gasteiger partial charge in [-0.05, 0) is 88.1 Å². The molecule has 0 aliphatic carbocycles. The van der Waals surface area contributed by atoms with Gasteiger partial charge in [0.1, 0.15) is 11.5 Å². The van der Waals surface area contributed by atoms with E-state index in [-0.39, 0.29) is 29.1 Å². The van der Waals surface area contributed by atoms with Gasteiger partial charge in [-0.3, -0.25) is 9.59 Å². The van der Waals surface area contributed by atoms with E-state index < -0.39 is 0 Å². The number of nitrogens with zero attached hydrogens (tertiary/aromatic N) is 1. The van der Waals surface area contributed by atoms with Crippen molar-refractivity contribution >= 4 is 29.1 Å². The molecule has 5 rings (SSSR count). The van der Waals surface area contributed by atoms with Crippen LogP contribution in [-0.4, -0.2) is 36.1 Å². The average molecular weight is 557 g/mol. The van der Waals surface area contributed by atoms with Crippen LogP contribution in [0.3, 0.4) is 0 Å². The summed E-state index contributed by atoms with van der Waals surface area (Å²) < 4.78 is 12.3. The zero-order valence-electron chi connectivity index (χ0n) is 23.4. The lowest BCUT2D eigenvalue weighted by Crippen LogP contribution is -2.52. The highest BCUT2D eigenvalue weighted by Gasteiger charge is 2.39. The highest BCUT2D eigenvalue weighted by Crippen LogP contribution is 2.39. The van der Waals surface area contributed by atoms with E-state index in [1.807, 2.05) is 58.0 Å². The van der Waals surface area contributed by atoms with Crippen LogP contribution in [0.5, 0.6) is 11.5 Å². The highest BCUT2D eigenvalue weighted by atomic mass is 35.5. The lowest BCUT2D eigenvalue weighted by atomic mass is 9.85. The molecule has 0 saturated carbocycles. The Morgan fingerprint density at radius 2 is 1.80 bits per heavy atom. The highest BCUT2D eigenvalue weighted by molar-refractivity contribution is 6.32. The van der Waals surface area contributed by atoms with Crippen molar-refractivity contribution in [2.75, 3.05) is 11.9 Å². The molecule has 7 heteroatoms. The molecule has 2 aliphatic rings. The number of terminal acetylenes is 1. The normalized spacial score (nSPS) is 17.7. The third kappa shape index (κ3) is 5.58. The van der Waals surface area contributed by atoms with Crippen molar-refractivity contribution in [1.29, 1.82) is 0 Å². The molecule has 0 bridgehead atoms. The first kappa shape index (κ1) is 27.8. The maximum atomic E-state index is 13.1. The molecule has 6 nitrogen and oxygen atoms in total. The molecule has 0 spiro atoms. The number of carbonyl (C=O) groups excluding carboxylic acids is 2. The fourth-order valence-corrected chi connectivity index (χ4v) is 6.17. The van der Waals surface area contributed by atoms with Gasteiger partial charge < -0.3 is 19.7 Å². The van der Waals surface area contributed by atoms with Gasteiger partial charge in [0.15, 0.2) is 0 Å². The van der Waals surface area contributed by atoms with Crippen molar-refractivity contribution in [2.24, 2.45) is 0 Å². The number of benzene rings is 3. The van der Waals surface area contributed by atoms with Crippen molar-refractivity contribution in [3.8, 4) is 35.0 Å². The predicted octanol–water partition coefficient (Wildman–Crippen LogP) is 6.77. The number of hydrogen-bond donors (Lipinski definition) is 1. The quantitative estimate of drug-likeness (QED) is 0.352. The number of amides is 2. The van der Waals surface area contributed by atoms with Crippen molar-refractivity contribution < 1.29 is 19.1 Å². The Morgan fingerprint density at radius 1 is 1.07 bits per heavy atom. The van der Waals surface area contributed by atoms with Gasteiger partial charge in [0, 0.05) is 29.9 Å². The fraction of sp³-hybridized carbons (Fsp3) is 0.333. The molecule has 1 N–H and O–H groups in total. The molecule has 0 unspecified atom stereocenters. The molecule has 2 amide bonds. The minimum atomic E-state index is -0.327. The van der Waals surface area contributed by atoms with Crippen molar-refractivity contribution in [1.82, 2.24) is 5.32 Å². The second-order valence-corrected chi connectivity index (χ2v) is 12.2.